The van der Waals surface area contributed by atoms with E-state index >= 15 is 0 Å². The number of benzene rings is 1. The third-order valence-electron chi connectivity index (χ3n) is 3.31. The molecule has 0 aliphatic carbocycles. The highest BCUT2D eigenvalue weighted by Crippen LogP contribution is 2.22. The number of rotatable bonds is 10. The van der Waals surface area contributed by atoms with Crippen molar-refractivity contribution in [2.45, 2.75) is 26.2 Å². The highest BCUT2D eigenvalue weighted by atomic mass is 16.5. The number of hydrogen-bond acceptors (Lipinski definition) is 4. The first-order valence-corrected chi connectivity index (χ1v) is 7.43. The molecule has 0 saturated heterocycles. The van der Waals surface area contributed by atoms with Crippen LogP contribution >= 0.6 is 0 Å². The van der Waals surface area contributed by atoms with Crippen molar-refractivity contribution in [3.8, 4) is 5.75 Å². The summed E-state index contributed by atoms with van der Waals surface area (Å²) in [4.78, 5) is 24.5. The Hall–Kier alpha value is -2.08. The van der Waals surface area contributed by atoms with E-state index in [1.165, 1.54) is 0 Å². The Morgan fingerprint density at radius 3 is 2.64 bits per heavy atom. The maximum Gasteiger partial charge on any atom is 0.303 e. The van der Waals surface area contributed by atoms with Crippen LogP contribution in [0.1, 0.15) is 26.2 Å². The largest absolute Gasteiger partial charge is 0.495 e. The van der Waals surface area contributed by atoms with Gasteiger partial charge in [0.2, 0.25) is 5.91 Å². The SMILES string of the molecule is CCN(CCCCC(=O)O)CC(=O)Nc1ccccc1OC. The second-order valence-corrected chi connectivity index (χ2v) is 4.97. The van der Waals surface area contributed by atoms with Crippen molar-refractivity contribution in [3.63, 3.8) is 0 Å². The van der Waals surface area contributed by atoms with E-state index in [1.807, 2.05) is 24.0 Å². The van der Waals surface area contributed by atoms with Crippen LogP contribution in [0.5, 0.6) is 5.75 Å². The van der Waals surface area contributed by atoms with Crippen molar-refractivity contribution < 1.29 is 19.4 Å². The van der Waals surface area contributed by atoms with Gasteiger partial charge >= 0.3 is 5.97 Å². The highest BCUT2D eigenvalue weighted by molar-refractivity contribution is 5.93. The number of nitrogens with one attached hydrogen (secondary N) is 1. The van der Waals surface area contributed by atoms with Gasteiger partial charge in [0.05, 0.1) is 19.3 Å². The number of carbonyl (C=O) groups excluding carboxylic acids is 1. The molecular formula is C16H24N2O4. The quantitative estimate of drug-likeness (QED) is 0.648. The van der Waals surface area contributed by atoms with Gasteiger partial charge < -0.3 is 15.2 Å². The van der Waals surface area contributed by atoms with Crippen molar-refractivity contribution in [2.24, 2.45) is 0 Å². The summed E-state index contributed by atoms with van der Waals surface area (Å²) < 4.78 is 5.20. The number of carboxylic acids is 1. The number of hydrogen-bond donors (Lipinski definition) is 2. The van der Waals surface area contributed by atoms with Crippen molar-refractivity contribution in [1.29, 1.82) is 0 Å². The first-order chi connectivity index (χ1) is 10.6. The molecule has 2 N–H and O–H groups in total. The van der Waals surface area contributed by atoms with Crippen molar-refractivity contribution in [3.05, 3.63) is 24.3 Å². The van der Waals surface area contributed by atoms with Gasteiger partial charge in [-0.1, -0.05) is 19.1 Å². The molecule has 0 heterocycles. The van der Waals surface area contributed by atoms with Gasteiger partial charge in [-0.15, -0.1) is 0 Å². The number of likely N-dealkylation sites (N-methyl/N-ethyl adjacent to an activating group) is 1. The molecule has 122 valence electrons. The van der Waals surface area contributed by atoms with Gasteiger partial charge in [-0.05, 0) is 38.1 Å². The lowest BCUT2D eigenvalue weighted by molar-refractivity contribution is -0.137. The molecule has 1 rings (SSSR count). The monoisotopic (exact) mass is 308 g/mol. The zero-order valence-electron chi connectivity index (χ0n) is 13.2. The van der Waals surface area contributed by atoms with Gasteiger partial charge in [-0.3, -0.25) is 14.5 Å². The maximum absolute atomic E-state index is 12.1. The first kappa shape index (κ1) is 18.0. The number of para-hydroxylation sites is 2. The van der Waals surface area contributed by atoms with Gasteiger partial charge in [-0.25, -0.2) is 0 Å². The number of methoxy groups -OCH3 is 1. The number of nitrogens with zero attached hydrogens (tertiary/aromatic N) is 1. The summed E-state index contributed by atoms with van der Waals surface area (Å²) >= 11 is 0. The Balaban J connectivity index is 2.42. The van der Waals surface area contributed by atoms with Gasteiger partial charge in [-0.2, -0.15) is 0 Å². The molecule has 0 unspecified atom stereocenters. The number of unbranched alkanes of at least 4 members (excludes halogenated alkanes) is 1. The fourth-order valence-corrected chi connectivity index (χ4v) is 2.10. The molecule has 0 aliphatic heterocycles. The second-order valence-electron chi connectivity index (χ2n) is 4.97. The van der Waals surface area contributed by atoms with Crippen LogP contribution < -0.4 is 10.1 Å². The number of ether oxygens (including phenoxy) is 1. The van der Waals surface area contributed by atoms with Gasteiger partial charge in [0.1, 0.15) is 5.75 Å². The third kappa shape index (κ3) is 6.58. The fraction of sp³-hybridized carbons (Fsp3) is 0.500. The summed E-state index contributed by atoms with van der Waals surface area (Å²) in [5.41, 5.74) is 0.650. The zero-order valence-corrected chi connectivity index (χ0v) is 13.2. The molecule has 0 aliphatic rings. The minimum atomic E-state index is -0.781. The average molecular weight is 308 g/mol. The van der Waals surface area contributed by atoms with Crippen molar-refractivity contribution in [1.82, 2.24) is 4.90 Å². The number of amides is 1. The summed E-state index contributed by atoms with van der Waals surface area (Å²) in [7, 11) is 1.56. The number of aliphatic carboxylic acids is 1. The fourth-order valence-electron chi connectivity index (χ4n) is 2.10. The van der Waals surface area contributed by atoms with Crippen LogP contribution in [-0.4, -0.2) is 48.6 Å². The number of anilines is 1. The molecule has 0 aromatic heterocycles. The Kier molecular flexibility index (Phi) is 7.99. The van der Waals surface area contributed by atoms with E-state index in [9.17, 15) is 9.59 Å². The van der Waals surface area contributed by atoms with Crippen LogP contribution in [0.2, 0.25) is 0 Å². The summed E-state index contributed by atoms with van der Waals surface area (Å²) in [6, 6.07) is 7.26. The van der Waals surface area contributed by atoms with Crippen LogP contribution in [-0.2, 0) is 9.59 Å². The third-order valence-corrected chi connectivity index (χ3v) is 3.31. The van der Waals surface area contributed by atoms with E-state index < -0.39 is 5.97 Å². The topological polar surface area (TPSA) is 78.9 Å². The number of carbonyl (C=O) groups is 2. The molecule has 1 aromatic rings. The smallest absolute Gasteiger partial charge is 0.303 e. The van der Waals surface area contributed by atoms with Crippen LogP contribution in [0.25, 0.3) is 0 Å². The molecule has 0 spiro atoms. The van der Waals surface area contributed by atoms with E-state index in [4.69, 9.17) is 9.84 Å². The molecule has 1 amide bonds. The Bertz CT molecular complexity index is 491. The second kappa shape index (κ2) is 9.78. The molecular weight excluding hydrogens is 284 g/mol. The van der Waals surface area contributed by atoms with Gasteiger partial charge in [0.15, 0.2) is 0 Å². The lowest BCUT2D eigenvalue weighted by atomic mass is 10.2. The summed E-state index contributed by atoms with van der Waals surface area (Å²) in [5.74, 6) is -0.262. The maximum atomic E-state index is 12.1. The Morgan fingerprint density at radius 1 is 1.27 bits per heavy atom. The average Bonchev–Trinajstić information content (AvgIpc) is 2.50. The molecule has 6 heteroatoms. The summed E-state index contributed by atoms with van der Waals surface area (Å²) in [6.45, 7) is 3.71. The lowest BCUT2D eigenvalue weighted by Crippen LogP contribution is -2.34. The molecule has 22 heavy (non-hydrogen) atoms. The molecule has 0 fully saturated rings. The minimum absolute atomic E-state index is 0.107. The molecule has 0 saturated carbocycles. The van der Waals surface area contributed by atoms with Crippen LogP contribution in [0.15, 0.2) is 24.3 Å². The minimum Gasteiger partial charge on any atom is -0.495 e. The van der Waals surface area contributed by atoms with Crippen molar-refractivity contribution in [2.75, 3.05) is 32.1 Å². The predicted molar refractivity (Wildman–Crippen MR) is 85.2 cm³/mol. The van der Waals surface area contributed by atoms with E-state index in [2.05, 4.69) is 5.32 Å². The summed E-state index contributed by atoms with van der Waals surface area (Å²) in [5, 5.41) is 11.4. The van der Waals surface area contributed by atoms with Gasteiger partial charge in [0, 0.05) is 6.42 Å². The Morgan fingerprint density at radius 2 is 2.00 bits per heavy atom. The molecule has 0 radical (unpaired) electrons. The lowest BCUT2D eigenvalue weighted by Gasteiger charge is -2.20. The highest BCUT2D eigenvalue weighted by Gasteiger charge is 2.11. The Labute approximate surface area is 131 Å². The van der Waals surface area contributed by atoms with Crippen molar-refractivity contribution >= 4 is 17.6 Å². The number of carboxylic acid groups (broad SMARTS) is 1. The zero-order chi connectivity index (χ0) is 16.4. The molecule has 0 atom stereocenters. The van der Waals surface area contributed by atoms with Crippen LogP contribution in [0.4, 0.5) is 5.69 Å². The molecule has 0 bridgehead atoms. The molecule has 1 aromatic carbocycles. The summed E-state index contributed by atoms with van der Waals surface area (Å²) in [6.07, 6.45) is 1.56. The van der Waals surface area contributed by atoms with Gasteiger partial charge in [0.25, 0.3) is 0 Å². The van der Waals surface area contributed by atoms with Crippen LogP contribution in [0, 0.1) is 0 Å². The predicted octanol–water partition coefficient (Wildman–Crippen LogP) is 2.21. The van der Waals surface area contributed by atoms with E-state index in [0.717, 1.165) is 13.0 Å². The first-order valence-electron chi connectivity index (χ1n) is 7.43. The standard InChI is InChI=1S/C16H24N2O4/c1-3-18(11-7-6-10-16(20)21)12-15(19)17-13-8-4-5-9-14(13)22-2/h4-5,8-9H,3,6-7,10-12H2,1-2H3,(H,17,19)(H,20,21). The van der Waals surface area contributed by atoms with E-state index in [0.29, 0.717) is 24.4 Å². The molecule has 6 nitrogen and oxygen atoms in total. The normalized spacial score (nSPS) is 10.5. The van der Waals surface area contributed by atoms with E-state index in [-0.39, 0.29) is 18.9 Å². The van der Waals surface area contributed by atoms with E-state index in [1.54, 1.807) is 19.2 Å². The van der Waals surface area contributed by atoms with Crippen LogP contribution in [0.3, 0.4) is 0 Å².